The van der Waals surface area contributed by atoms with Crippen LogP contribution in [0.15, 0.2) is 85.1 Å². The summed E-state index contributed by atoms with van der Waals surface area (Å²) < 4.78 is 11.2. The molecule has 5 rings (SSSR count). The van der Waals surface area contributed by atoms with Gasteiger partial charge >= 0.3 is 0 Å². The van der Waals surface area contributed by atoms with Crippen LogP contribution in [0, 0.1) is 0 Å². The van der Waals surface area contributed by atoms with Crippen LogP contribution in [-0.2, 0) is 0 Å². The van der Waals surface area contributed by atoms with Crippen molar-refractivity contribution < 1.29 is 19.4 Å². The van der Waals surface area contributed by atoms with Crippen LogP contribution < -0.4 is 14.8 Å². The zero-order valence-electron chi connectivity index (χ0n) is 20.8. The molecule has 0 radical (unpaired) electrons. The first-order chi connectivity index (χ1) is 18.1. The van der Waals surface area contributed by atoms with Crippen molar-refractivity contribution in [1.29, 1.82) is 0 Å². The summed E-state index contributed by atoms with van der Waals surface area (Å²) in [4.78, 5) is 19.4. The van der Waals surface area contributed by atoms with Gasteiger partial charge in [-0.05, 0) is 79.1 Å². The lowest BCUT2D eigenvalue weighted by Crippen LogP contribution is -2.45. The van der Waals surface area contributed by atoms with Gasteiger partial charge < -0.3 is 24.8 Å². The van der Waals surface area contributed by atoms with E-state index in [-0.39, 0.29) is 11.9 Å². The van der Waals surface area contributed by atoms with E-state index >= 15 is 0 Å². The third kappa shape index (κ3) is 6.07. The molecule has 1 aliphatic heterocycles. The highest BCUT2D eigenvalue weighted by Crippen LogP contribution is 2.28. The number of benzene rings is 3. The molecule has 1 atom stereocenters. The van der Waals surface area contributed by atoms with E-state index in [1.165, 1.54) is 0 Å². The number of carbonyl (C=O) groups is 1. The summed E-state index contributed by atoms with van der Waals surface area (Å²) in [7, 11) is 1.63. The number of hydrogen-bond donors (Lipinski definition) is 2. The molecule has 190 valence electrons. The summed E-state index contributed by atoms with van der Waals surface area (Å²) in [6.45, 7) is 2.14. The molecule has 2 heterocycles. The zero-order chi connectivity index (χ0) is 25.6. The minimum atomic E-state index is -0.639. The molecule has 3 aromatic carbocycles. The van der Waals surface area contributed by atoms with Crippen molar-refractivity contribution in [2.75, 3.05) is 26.7 Å². The Balaban J connectivity index is 1.12. The third-order valence-corrected chi connectivity index (χ3v) is 6.79. The third-order valence-electron chi connectivity index (χ3n) is 6.79. The highest BCUT2D eigenvalue weighted by Gasteiger charge is 2.24. The summed E-state index contributed by atoms with van der Waals surface area (Å²) in [5, 5.41) is 15.1. The monoisotopic (exact) mass is 497 g/mol. The first-order valence-electron chi connectivity index (χ1n) is 12.6. The van der Waals surface area contributed by atoms with Crippen molar-refractivity contribution in [3.05, 3.63) is 96.2 Å². The number of fused-ring (bicyclic) bond motifs is 1. The molecule has 0 aliphatic carbocycles. The van der Waals surface area contributed by atoms with Crippen molar-refractivity contribution in [3.63, 3.8) is 0 Å². The fraction of sp³-hybridized carbons (Fsp3) is 0.267. The van der Waals surface area contributed by atoms with E-state index in [9.17, 15) is 9.90 Å². The Labute approximate surface area is 216 Å². The standard InChI is InChI=1S/C30H31N3O4/c1-36-25-11-12-28-27(19-25)26(13-16-31-28)29(34)20-33-17-14-22(15-18-33)32-30(35)21-7-9-24(10-8-21)37-23-5-3-2-4-6-23/h2-13,16,19,22,29,34H,14-15,17-18,20H2,1H3,(H,32,35)/t29-/m0/s1. The second kappa shape index (κ2) is 11.4. The number of para-hydroxylation sites is 1. The van der Waals surface area contributed by atoms with E-state index in [1.54, 1.807) is 25.4 Å². The van der Waals surface area contributed by atoms with Gasteiger partial charge in [-0.1, -0.05) is 18.2 Å². The predicted octanol–water partition coefficient (Wildman–Crippen LogP) is 4.96. The first-order valence-corrected chi connectivity index (χ1v) is 12.6. The number of piperidine rings is 1. The Hall–Kier alpha value is -3.94. The quantitative estimate of drug-likeness (QED) is 0.358. The topological polar surface area (TPSA) is 83.9 Å². The average Bonchev–Trinajstić information content (AvgIpc) is 2.94. The molecular weight excluding hydrogens is 466 g/mol. The fourth-order valence-electron chi connectivity index (χ4n) is 4.73. The van der Waals surface area contributed by atoms with Gasteiger partial charge in [-0.2, -0.15) is 0 Å². The Bertz CT molecular complexity index is 1340. The maximum atomic E-state index is 12.8. The normalized spacial score (nSPS) is 15.3. The molecule has 1 amide bonds. The number of hydrogen-bond acceptors (Lipinski definition) is 6. The lowest BCUT2D eigenvalue weighted by atomic mass is 10.0. The number of aromatic nitrogens is 1. The van der Waals surface area contributed by atoms with Gasteiger partial charge in [0.05, 0.1) is 18.7 Å². The van der Waals surface area contributed by atoms with Crippen LogP contribution in [0.4, 0.5) is 0 Å². The van der Waals surface area contributed by atoms with Gasteiger partial charge in [0.25, 0.3) is 5.91 Å². The Kier molecular flexibility index (Phi) is 7.63. The number of aliphatic hydroxyl groups is 1. The smallest absolute Gasteiger partial charge is 0.251 e. The van der Waals surface area contributed by atoms with E-state index in [2.05, 4.69) is 15.2 Å². The van der Waals surface area contributed by atoms with Crippen LogP contribution in [-0.4, -0.2) is 53.7 Å². The molecule has 0 saturated carbocycles. The highest BCUT2D eigenvalue weighted by molar-refractivity contribution is 5.94. The SMILES string of the molecule is COc1ccc2nccc([C@@H](O)CN3CCC(NC(=O)c4ccc(Oc5ccccc5)cc4)CC3)c2c1. The summed E-state index contributed by atoms with van der Waals surface area (Å²) in [6, 6.07) is 24.4. The van der Waals surface area contributed by atoms with E-state index in [4.69, 9.17) is 9.47 Å². The molecule has 4 aromatic rings. The minimum absolute atomic E-state index is 0.0815. The van der Waals surface area contributed by atoms with Crippen LogP contribution in [0.25, 0.3) is 10.9 Å². The predicted molar refractivity (Wildman–Crippen MR) is 143 cm³/mol. The van der Waals surface area contributed by atoms with Crippen molar-refractivity contribution in [2.24, 2.45) is 0 Å². The molecule has 37 heavy (non-hydrogen) atoms. The van der Waals surface area contributed by atoms with Crippen molar-refractivity contribution in [2.45, 2.75) is 25.0 Å². The van der Waals surface area contributed by atoms with E-state index in [0.717, 1.165) is 53.9 Å². The number of pyridine rings is 1. The van der Waals surface area contributed by atoms with Crippen LogP contribution in [0.5, 0.6) is 17.2 Å². The van der Waals surface area contributed by atoms with Crippen molar-refractivity contribution >= 4 is 16.8 Å². The van der Waals surface area contributed by atoms with E-state index in [1.807, 2.05) is 66.7 Å². The maximum Gasteiger partial charge on any atom is 0.251 e. The number of β-amino-alcohol motifs (C(OH)–C–C–N with tert-alkyl or cyclic N) is 1. The van der Waals surface area contributed by atoms with Gasteiger partial charge in [0, 0.05) is 42.8 Å². The number of likely N-dealkylation sites (tertiary alicyclic amines) is 1. The highest BCUT2D eigenvalue weighted by atomic mass is 16.5. The number of amides is 1. The fourth-order valence-corrected chi connectivity index (χ4v) is 4.73. The average molecular weight is 498 g/mol. The second-order valence-electron chi connectivity index (χ2n) is 9.29. The summed E-state index contributed by atoms with van der Waals surface area (Å²) in [5.74, 6) is 2.11. The lowest BCUT2D eigenvalue weighted by molar-refractivity contribution is 0.0831. The van der Waals surface area contributed by atoms with Crippen LogP contribution in [0.3, 0.4) is 0 Å². The first kappa shape index (κ1) is 24.7. The molecule has 1 saturated heterocycles. The number of methoxy groups -OCH3 is 1. The van der Waals surface area contributed by atoms with Crippen molar-refractivity contribution in [1.82, 2.24) is 15.2 Å². The molecule has 7 heteroatoms. The molecule has 1 aliphatic rings. The van der Waals surface area contributed by atoms with Gasteiger partial charge in [0.15, 0.2) is 0 Å². The molecule has 7 nitrogen and oxygen atoms in total. The molecule has 1 aromatic heterocycles. The minimum Gasteiger partial charge on any atom is -0.497 e. The largest absolute Gasteiger partial charge is 0.497 e. The number of aliphatic hydroxyl groups excluding tert-OH is 1. The Morgan fingerprint density at radius 3 is 2.43 bits per heavy atom. The van der Waals surface area contributed by atoms with E-state index < -0.39 is 6.10 Å². The number of ether oxygens (including phenoxy) is 2. The number of rotatable bonds is 8. The lowest BCUT2D eigenvalue weighted by Gasteiger charge is -2.33. The Morgan fingerprint density at radius 2 is 1.70 bits per heavy atom. The number of nitrogens with one attached hydrogen (secondary N) is 1. The van der Waals surface area contributed by atoms with Gasteiger partial charge in [-0.25, -0.2) is 0 Å². The summed E-state index contributed by atoms with van der Waals surface area (Å²) in [5.41, 5.74) is 2.29. The summed E-state index contributed by atoms with van der Waals surface area (Å²) in [6.07, 6.45) is 2.76. The van der Waals surface area contributed by atoms with Gasteiger partial charge in [-0.15, -0.1) is 0 Å². The second-order valence-corrected chi connectivity index (χ2v) is 9.29. The van der Waals surface area contributed by atoms with Gasteiger partial charge in [0.1, 0.15) is 17.2 Å². The molecule has 0 spiro atoms. The molecule has 0 bridgehead atoms. The van der Waals surface area contributed by atoms with E-state index in [0.29, 0.717) is 17.9 Å². The van der Waals surface area contributed by atoms with Crippen LogP contribution >= 0.6 is 0 Å². The molecule has 1 fully saturated rings. The maximum absolute atomic E-state index is 12.8. The Morgan fingerprint density at radius 1 is 1.00 bits per heavy atom. The van der Waals surface area contributed by atoms with Crippen LogP contribution in [0.1, 0.15) is 34.9 Å². The van der Waals surface area contributed by atoms with Crippen LogP contribution in [0.2, 0.25) is 0 Å². The number of nitrogens with zero attached hydrogens (tertiary/aromatic N) is 2. The zero-order valence-corrected chi connectivity index (χ0v) is 20.8. The molecular formula is C30H31N3O4. The molecule has 2 N–H and O–H groups in total. The van der Waals surface area contributed by atoms with Crippen molar-refractivity contribution in [3.8, 4) is 17.2 Å². The molecule has 0 unspecified atom stereocenters. The summed E-state index contributed by atoms with van der Waals surface area (Å²) >= 11 is 0. The number of carbonyl (C=O) groups excluding carboxylic acids is 1. The van der Waals surface area contributed by atoms with Gasteiger partial charge in [0.2, 0.25) is 0 Å². The van der Waals surface area contributed by atoms with Gasteiger partial charge in [-0.3, -0.25) is 9.78 Å².